The van der Waals surface area contributed by atoms with Gasteiger partial charge in [0.1, 0.15) is 0 Å². The summed E-state index contributed by atoms with van der Waals surface area (Å²) in [4.78, 5) is 24.3. The van der Waals surface area contributed by atoms with Gasteiger partial charge in [-0.1, -0.05) is 6.08 Å². The molecule has 0 amide bonds. The molecule has 1 rings (SSSR count). The van der Waals surface area contributed by atoms with Gasteiger partial charge in [-0.05, 0) is 38.2 Å². The van der Waals surface area contributed by atoms with Gasteiger partial charge in [-0.2, -0.15) is 0 Å². The van der Waals surface area contributed by atoms with Crippen molar-refractivity contribution in [3.05, 3.63) is 47.9 Å². The van der Waals surface area contributed by atoms with Crippen LogP contribution in [-0.2, 0) is 9.59 Å². The van der Waals surface area contributed by atoms with E-state index in [0.717, 1.165) is 5.70 Å². The van der Waals surface area contributed by atoms with Crippen LogP contribution in [0.15, 0.2) is 47.9 Å². The van der Waals surface area contributed by atoms with Crippen LogP contribution in [0.25, 0.3) is 0 Å². The molecule has 0 radical (unpaired) electrons. The fourth-order valence-corrected chi connectivity index (χ4v) is 1.36. The van der Waals surface area contributed by atoms with Crippen LogP contribution < -0.4 is 0 Å². The topological polar surface area (TPSA) is 37.4 Å². The molecule has 0 aliphatic carbocycles. The predicted molar refractivity (Wildman–Crippen MR) is 63.6 cm³/mol. The molecule has 0 N–H and O–H groups in total. The van der Waals surface area contributed by atoms with Crippen LogP contribution in [0.5, 0.6) is 0 Å². The monoisotopic (exact) mass is 217 g/mol. The zero-order chi connectivity index (χ0) is 12.1. The summed E-state index contributed by atoms with van der Waals surface area (Å²) in [5.74, 6) is -0.412. The Morgan fingerprint density at radius 2 is 1.81 bits per heavy atom. The van der Waals surface area contributed by atoms with Gasteiger partial charge >= 0.3 is 0 Å². The molecule has 0 unspecified atom stereocenters. The molecule has 1 aliphatic rings. The van der Waals surface area contributed by atoms with Crippen LogP contribution >= 0.6 is 0 Å². The first-order valence-electron chi connectivity index (χ1n) is 5.04. The second-order valence-electron chi connectivity index (χ2n) is 3.60. The van der Waals surface area contributed by atoms with E-state index in [4.69, 9.17) is 0 Å². The fourth-order valence-electron chi connectivity index (χ4n) is 1.36. The number of ketones is 2. The number of carbonyl (C=O) groups is 2. The minimum Gasteiger partial charge on any atom is -0.351 e. The molecule has 0 aromatic carbocycles. The smallest absolute Gasteiger partial charge is 0.163 e. The molecule has 0 atom stereocenters. The zero-order valence-electron chi connectivity index (χ0n) is 9.73. The van der Waals surface area contributed by atoms with Crippen molar-refractivity contribution in [2.45, 2.75) is 13.8 Å². The van der Waals surface area contributed by atoms with Crippen LogP contribution in [0.3, 0.4) is 0 Å². The number of likely N-dealkylation sites (N-methyl/N-ethyl adjacent to an activating group) is 1. The molecule has 0 aromatic rings. The Bertz CT molecular complexity index is 409. The van der Waals surface area contributed by atoms with Gasteiger partial charge in [-0.3, -0.25) is 9.59 Å². The summed E-state index contributed by atoms with van der Waals surface area (Å²) in [5.41, 5.74) is 1.16. The Morgan fingerprint density at radius 3 is 2.31 bits per heavy atom. The molecule has 3 heteroatoms. The van der Waals surface area contributed by atoms with Crippen molar-refractivity contribution in [2.75, 3.05) is 7.05 Å². The summed E-state index contributed by atoms with van der Waals surface area (Å²) in [6, 6.07) is 0. The number of hydrogen-bond donors (Lipinski definition) is 0. The first kappa shape index (κ1) is 12.2. The third-order valence-corrected chi connectivity index (χ3v) is 2.27. The number of carbonyl (C=O) groups excluding carboxylic acids is 2. The molecule has 3 nitrogen and oxygen atoms in total. The maximum absolute atomic E-state index is 11.2. The third kappa shape index (κ3) is 3.05. The van der Waals surface area contributed by atoms with Crippen molar-refractivity contribution >= 4 is 11.6 Å². The summed E-state index contributed by atoms with van der Waals surface area (Å²) in [6.07, 6.45) is 11.0. The van der Waals surface area contributed by atoms with Gasteiger partial charge in [0.05, 0.1) is 5.57 Å². The van der Waals surface area contributed by atoms with E-state index in [0.29, 0.717) is 0 Å². The molecule has 84 valence electrons. The van der Waals surface area contributed by atoms with Gasteiger partial charge in [0.2, 0.25) is 0 Å². The summed E-state index contributed by atoms with van der Waals surface area (Å²) in [6.45, 7) is 2.79. The lowest BCUT2D eigenvalue weighted by molar-refractivity contribution is -0.119. The Morgan fingerprint density at radius 1 is 1.19 bits per heavy atom. The normalized spacial score (nSPS) is 16.4. The number of nitrogens with zero attached hydrogens (tertiary/aromatic N) is 1. The highest BCUT2D eigenvalue weighted by Gasteiger charge is 2.08. The van der Waals surface area contributed by atoms with Crippen LogP contribution in [0, 0.1) is 0 Å². The summed E-state index contributed by atoms with van der Waals surface area (Å²) < 4.78 is 0. The van der Waals surface area contributed by atoms with Crippen molar-refractivity contribution in [3.63, 3.8) is 0 Å². The summed E-state index contributed by atoms with van der Waals surface area (Å²) in [7, 11) is 1.90. The van der Waals surface area contributed by atoms with Crippen molar-refractivity contribution in [1.82, 2.24) is 4.90 Å². The highest BCUT2D eigenvalue weighted by molar-refractivity contribution is 6.18. The SMILES string of the molecule is CC(=O)C(=CC=C1C=CC=CN1C)C(C)=O. The molecule has 1 heterocycles. The van der Waals surface area contributed by atoms with Gasteiger partial charge in [-0.25, -0.2) is 0 Å². The standard InChI is InChI=1S/C13H15NO2/c1-10(15)13(11(2)16)8-7-12-6-4-5-9-14(12)3/h4-9H,1-3H3. The molecule has 0 bridgehead atoms. The third-order valence-electron chi connectivity index (χ3n) is 2.27. The van der Waals surface area contributed by atoms with E-state index in [1.165, 1.54) is 13.8 Å². The summed E-state index contributed by atoms with van der Waals surface area (Å²) >= 11 is 0. The van der Waals surface area contributed by atoms with Gasteiger partial charge in [0, 0.05) is 18.9 Å². The summed E-state index contributed by atoms with van der Waals surface area (Å²) in [5, 5.41) is 0. The zero-order valence-corrected chi connectivity index (χ0v) is 9.73. The number of hydrogen-bond acceptors (Lipinski definition) is 3. The van der Waals surface area contributed by atoms with E-state index < -0.39 is 0 Å². The van der Waals surface area contributed by atoms with Crippen LogP contribution in [0.2, 0.25) is 0 Å². The average molecular weight is 217 g/mol. The number of rotatable bonds is 3. The van der Waals surface area contributed by atoms with Crippen molar-refractivity contribution in [2.24, 2.45) is 0 Å². The molecule has 0 saturated heterocycles. The molecule has 0 fully saturated rings. The second kappa shape index (κ2) is 5.26. The van der Waals surface area contributed by atoms with Gasteiger partial charge in [0.15, 0.2) is 11.6 Å². The van der Waals surface area contributed by atoms with Crippen LogP contribution in [0.1, 0.15) is 13.8 Å². The Labute approximate surface area is 95.4 Å². The van der Waals surface area contributed by atoms with Gasteiger partial charge in [0.25, 0.3) is 0 Å². The van der Waals surface area contributed by atoms with Crippen molar-refractivity contribution in [1.29, 1.82) is 0 Å². The van der Waals surface area contributed by atoms with E-state index in [1.807, 2.05) is 36.4 Å². The maximum atomic E-state index is 11.2. The van der Waals surface area contributed by atoms with E-state index in [1.54, 1.807) is 12.2 Å². The number of allylic oxidation sites excluding steroid dienone is 6. The average Bonchev–Trinajstić information content (AvgIpc) is 2.20. The Hall–Kier alpha value is -1.90. The lowest BCUT2D eigenvalue weighted by Gasteiger charge is -2.17. The van der Waals surface area contributed by atoms with Crippen molar-refractivity contribution in [3.8, 4) is 0 Å². The second-order valence-corrected chi connectivity index (χ2v) is 3.60. The van der Waals surface area contributed by atoms with Crippen LogP contribution in [-0.4, -0.2) is 23.5 Å². The molecular formula is C13H15NO2. The van der Waals surface area contributed by atoms with E-state index in [-0.39, 0.29) is 17.1 Å². The predicted octanol–water partition coefficient (Wildman–Crippen LogP) is 1.99. The first-order chi connectivity index (χ1) is 7.52. The lowest BCUT2D eigenvalue weighted by Crippen LogP contribution is -2.10. The van der Waals surface area contributed by atoms with E-state index in [2.05, 4.69) is 0 Å². The van der Waals surface area contributed by atoms with Crippen molar-refractivity contribution < 1.29 is 9.59 Å². The minimum absolute atomic E-state index is 0.206. The van der Waals surface area contributed by atoms with E-state index >= 15 is 0 Å². The molecule has 0 spiro atoms. The van der Waals surface area contributed by atoms with Gasteiger partial charge < -0.3 is 4.90 Å². The molecule has 1 aliphatic heterocycles. The minimum atomic E-state index is -0.206. The van der Waals surface area contributed by atoms with Gasteiger partial charge in [-0.15, -0.1) is 0 Å². The first-order valence-corrected chi connectivity index (χ1v) is 5.04. The Kier molecular flexibility index (Phi) is 4.00. The highest BCUT2D eigenvalue weighted by atomic mass is 16.1. The van der Waals surface area contributed by atoms with E-state index in [9.17, 15) is 9.59 Å². The molecule has 0 saturated carbocycles. The van der Waals surface area contributed by atoms with Crippen LogP contribution in [0.4, 0.5) is 0 Å². The highest BCUT2D eigenvalue weighted by Crippen LogP contribution is 2.10. The largest absolute Gasteiger partial charge is 0.351 e. The fraction of sp³-hybridized carbons (Fsp3) is 0.231. The molecular weight excluding hydrogens is 202 g/mol. The number of Topliss-reactive ketones (excluding diaryl/α,β-unsaturated/α-hetero) is 2. The lowest BCUT2D eigenvalue weighted by atomic mass is 10.1. The molecule has 0 aromatic heterocycles. The quantitative estimate of drug-likeness (QED) is 0.412. The Balaban J connectivity index is 2.96. The maximum Gasteiger partial charge on any atom is 0.163 e. The molecule has 16 heavy (non-hydrogen) atoms.